The van der Waals surface area contributed by atoms with E-state index in [2.05, 4.69) is 5.32 Å². The number of carbonyl (C=O) groups is 3. The van der Waals surface area contributed by atoms with Crippen molar-refractivity contribution in [1.82, 2.24) is 20.0 Å². The van der Waals surface area contributed by atoms with Crippen LogP contribution in [0.15, 0.2) is 42.1 Å². The lowest BCUT2D eigenvalue weighted by molar-refractivity contribution is -0.135. The molecule has 0 aromatic heterocycles. The lowest BCUT2D eigenvalue weighted by atomic mass is 9.98. The van der Waals surface area contributed by atoms with Crippen LogP contribution >= 0.6 is 0 Å². The van der Waals surface area contributed by atoms with Gasteiger partial charge < -0.3 is 15.1 Å². The standard InChI is InChI=1S/C19H22N4O3/c1-21-12-14(17(24)22-9-5-6-10-22)15-16(21)18(25)23(19(26)20-15)11-13-7-3-2-4-8-13/h2-4,7-8,12,15-16H,5-6,9-11H2,1H3,(H,20,26). The van der Waals surface area contributed by atoms with E-state index < -0.39 is 18.1 Å². The second kappa shape index (κ2) is 6.48. The van der Waals surface area contributed by atoms with Crippen LogP contribution in [-0.2, 0) is 16.1 Å². The fourth-order valence-electron chi connectivity index (χ4n) is 3.94. The number of nitrogens with zero attached hydrogens (tertiary/aromatic N) is 3. The molecule has 1 N–H and O–H groups in total. The molecule has 4 amide bonds. The molecule has 2 saturated heterocycles. The number of rotatable bonds is 3. The molecular formula is C19H22N4O3. The average Bonchev–Trinajstić information content (AvgIpc) is 3.27. The highest BCUT2D eigenvalue weighted by Crippen LogP contribution is 2.29. The Bertz CT molecular complexity index is 770. The summed E-state index contributed by atoms with van der Waals surface area (Å²) < 4.78 is 0. The Morgan fingerprint density at radius 3 is 2.54 bits per heavy atom. The highest BCUT2D eigenvalue weighted by atomic mass is 16.2. The minimum absolute atomic E-state index is 0.0774. The number of likely N-dealkylation sites (N-methyl/N-ethyl adjacent to an activating group) is 1. The summed E-state index contributed by atoms with van der Waals surface area (Å²) in [5.74, 6) is -0.350. The number of hydrogen-bond donors (Lipinski definition) is 1. The Labute approximate surface area is 152 Å². The molecule has 26 heavy (non-hydrogen) atoms. The summed E-state index contributed by atoms with van der Waals surface area (Å²) in [4.78, 5) is 43.1. The molecule has 0 bridgehead atoms. The van der Waals surface area contributed by atoms with E-state index in [4.69, 9.17) is 0 Å². The number of benzene rings is 1. The molecule has 2 unspecified atom stereocenters. The molecule has 0 radical (unpaired) electrons. The van der Waals surface area contributed by atoms with Gasteiger partial charge in [0.05, 0.1) is 18.2 Å². The molecule has 7 nitrogen and oxygen atoms in total. The predicted octanol–water partition coefficient (Wildman–Crippen LogP) is 0.927. The van der Waals surface area contributed by atoms with E-state index in [9.17, 15) is 14.4 Å². The summed E-state index contributed by atoms with van der Waals surface area (Å²) in [5.41, 5.74) is 1.39. The Morgan fingerprint density at radius 2 is 1.85 bits per heavy atom. The van der Waals surface area contributed by atoms with Crippen LogP contribution in [0.1, 0.15) is 18.4 Å². The largest absolute Gasteiger partial charge is 0.366 e. The van der Waals surface area contributed by atoms with Crippen molar-refractivity contribution in [1.29, 1.82) is 0 Å². The zero-order valence-corrected chi connectivity index (χ0v) is 14.7. The van der Waals surface area contributed by atoms with Crippen LogP contribution in [0, 0.1) is 0 Å². The third-order valence-corrected chi connectivity index (χ3v) is 5.30. The minimum atomic E-state index is -0.583. The second-order valence-electron chi connectivity index (χ2n) is 7.03. The van der Waals surface area contributed by atoms with Crippen LogP contribution in [0.2, 0.25) is 0 Å². The first-order valence-corrected chi connectivity index (χ1v) is 8.95. The van der Waals surface area contributed by atoms with Gasteiger partial charge in [-0.3, -0.25) is 14.5 Å². The van der Waals surface area contributed by atoms with E-state index in [0.29, 0.717) is 5.57 Å². The Hall–Kier alpha value is -2.83. The number of amides is 4. The Kier molecular flexibility index (Phi) is 4.14. The lowest BCUT2D eigenvalue weighted by Crippen LogP contribution is -2.64. The van der Waals surface area contributed by atoms with Crippen LogP contribution in [0.4, 0.5) is 4.79 Å². The maximum Gasteiger partial charge on any atom is 0.325 e. The van der Waals surface area contributed by atoms with Crippen molar-refractivity contribution in [3.63, 3.8) is 0 Å². The van der Waals surface area contributed by atoms with Gasteiger partial charge in [-0.25, -0.2) is 4.79 Å². The van der Waals surface area contributed by atoms with Crippen LogP contribution < -0.4 is 5.32 Å². The SMILES string of the molecule is CN1C=C(C(=O)N2CCCC2)C2NC(=O)N(Cc3ccccc3)C(=O)C21. The fraction of sp³-hybridized carbons (Fsp3) is 0.421. The molecule has 3 aliphatic rings. The topological polar surface area (TPSA) is 73.0 Å². The molecule has 4 rings (SSSR count). The summed E-state index contributed by atoms with van der Waals surface area (Å²) >= 11 is 0. The molecule has 0 saturated carbocycles. The first-order chi connectivity index (χ1) is 12.6. The van der Waals surface area contributed by atoms with Crippen molar-refractivity contribution in [2.24, 2.45) is 0 Å². The van der Waals surface area contributed by atoms with Gasteiger partial charge in [0.15, 0.2) is 0 Å². The lowest BCUT2D eigenvalue weighted by Gasteiger charge is -2.37. The number of carbonyl (C=O) groups excluding carboxylic acids is 3. The van der Waals surface area contributed by atoms with Crippen LogP contribution in [0.25, 0.3) is 0 Å². The number of fused-ring (bicyclic) bond motifs is 1. The minimum Gasteiger partial charge on any atom is -0.366 e. The van der Waals surface area contributed by atoms with E-state index in [-0.39, 0.29) is 18.4 Å². The molecule has 3 aliphatic heterocycles. The molecule has 7 heteroatoms. The van der Waals surface area contributed by atoms with E-state index in [1.165, 1.54) is 4.90 Å². The molecule has 1 aromatic rings. The Balaban J connectivity index is 1.54. The van der Waals surface area contributed by atoms with E-state index >= 15 is 0 Å². The monoisotopic (exact) mass is 354 g/mol. The van der Waals surface area contributed by atoms with Gasteiger partial charge in [-0.15, -0.1) is 0 Å². The first kappa shape index (κ1) is 16.6. The third-order valence-electron chi connectivity index (χ3n) is 5.30. The van der Waals surface area contributed by atoms with Gasteiger partial charge in [0.2, 0.25) is 0 Å². The zero-order valence-electron chi connectivity index (χ0n) is 14.7. The van der Waals surface area contributed by atoms with Gasteiger partial charge in [0, 0.05) is 26.3 Å². The number of urea groups is 1. The van der Waals surface area contributed by atoms with Gasteiger partial charge in [-0.1, -0.05) is 30.3 Å². The highest BCUT2D eigenvalue weighted by Gasteiger charge is 2.49. The number of hydrogen-bond acceptors (Lipinski definition) is 4. The fourth-order valence-corrected chi connectivity index (χ4v) is 3.94. The summed E-state index contributed by atoms with van der Waals surface area (Å²) in [6, 6.07) is 7.80. The van der Waals surface area contributed by atoms with Gasteiger partial charge in [-0.2, -0.15) is 0 Å². The van der Waals surface area contributed by atoms with E-state index in [0.717, 1.165) is 31.5 Å². The van der Waals surface area contributed by atoms with Crippen LogP contribution in [0.3, 0.4) is 0 Å². The Morgan fingerprint density at radius 1 is 1.15 bits per heavy atom. The van der Waals surface area contributed by atoms with Crippen molar-refractivity contribution in [2.75, 3.05) is 20.1 Å². The van der Waals surface area contributed by atoms with Crippen LogP contribution in [0.5, 0.6) is 0 Å². The molecule has 0 spiro atoms. The maximum absolute atomic E-state index is 13.0. The normalized spacial score (nSPS) is 25.3. The summed E-state index contributed by atoms with van der Waals surface area (Å²) in [6.45, 7) is 1.69. The maximum atomic E-state index is 13.0. The molecule has 0 aliphatic carbocycles. The quantitative estimate of drug-likeness (QED) is 0.876. The molecular weight excluding hydrogens is 332 g/mol. The number of likely N-dealkylation sites (tertiary alicyclic amines) is 1. The molecule has 2 fully saturated rings. The second-order valence-corrected chi connectivity index (χ2v) is 7.03. The van der Waals surface area contributed by atoms with Crippen molar-refractivity contribution in [2.45, 2.75) is 31.5 Å². The van der Waals surface area contributed by atoms with E-state index in [1.807, 2.05) is 30.3 Å². The molecule has 3 heterocycles. The van der Waals surface area contributed by atoms with Crippen LogP contribution in [-0.4, -0.2) is 64.8 Å². The van der Waals surface area contributed by atoms with Gasteiger partial charge >= 0.3 is 6.03 Å². The average molecular weight is 354 g/mol. The van der Waals surface area contributed by atoms with E-state index in [1.54, 1.807) is 23.0 Å². The highest BCUT2D eigenvalue weighted by molar-refractivity contribution is 6.05. The van der Waals surface area contributed by atoms with Crippen molar-refractivity contribution in [3.05, 3.63) is 47.7 Å². The molecule has 1 aromatic carbocycles. The van der Waals surface area contributed by atoms with Gasteiger partial charge in [0.1, 0.15) is 6.04 Å². The summed E-state index contributed by atoms with van der Waals surface area (Å²) in [5, 5.41) is 2.87. The summed E-state index contributed by atoms with van der Waals surface area (Å²) in [6.07, 6.45) is 3.71. The van der Waals surface area contributed by atoms with Gasteiger partial charge in [-0.05, 0) is 18.4 Å². The predicted molar refractivity (Wildman–Crippen MR) is 94.8 cm³/mol. The van der Waals surface area contributed by atoms with Crippen molar-refractivity contribution >= 4 is 17.8 Å². The zero-order chi connectivity index (χ0) is 18.3. The van der Waals surface area contributed by atoms with Gasteiger partial charge in [0.25, 0.3) is 11.8 Å². The smallest absolute Gasteiger partial charge is 0.325 e. The number of imide groups is 1. The summed E-state index contributed by atoms with van der Waals surface area (Å²) in [7, 11) is 1.78. The molecule has 136 valence electrons. The van der Waals surface area contributed by atoms with Crippen molar-refractivity contribution in [3.8, 4) is 0 Å². The molecule has 2 atom stereocenters. The first-order valence-electron chi connectivity index (χ1n) is 8.95. The third kappa shape index (κ3) is 2.73. The van der Waals surface area contributed by atoms with Crippen molar-refractivity contribution < 1.29 is 14.4 Å². The number of nitrogens with one attached hydrogen (secondary N) is 1.